The van der Waals surface area contributed by atoms with Gasteiger partial charge in [0.2, 0.25) is 0 Å². The van der Waals surface area contributed by atoms with Crippen molar-refractivity contribution in [1.82, 2.24) is 14.1 Å². The zero-order valence-corrected chi connectivity index (χ0v) is 34.9. The van der Waals surface area contributed by atoms with E-state index in [1.165, 1.54) is 0 Å². The van der Waals surface area contributed by atoms with Gasteiger partial charge in [-0.25, -0.2) is 0 Å². The van der Waals surface area contributed by atoms with Crippen molar-refractivity contribution in [2.45, 2.75) is 0 Å². The van der Waals surface area contributed by atoms with Crippen molar-refractivity contribution in [2.75, 3.05) is 0 Å². The fraction of sp³-hybridized carbons (Fsp3) is 0. The van der Waals surface area contributed by atoms with Gasteiger partial charge < -0.3 is 9.13 Å². The van der Waals surface area contributed by atoms with E-state index in [0.29, 0.717) is 27.8 Å². The molecule has 302 valence electrons. The van der Waals surface area contributed by atoms with Crippen LogP contribution in [0.1, 0.15) is 27.8 Å². The number of hydrogen-bond donors (Lipinski definition) is 0. The largest absolute Gasteiger partial charge is 0.309 e. The molecule has 0 bridgehead atoms. The average Bonchev–Trinajstić information content (AvgIpc) is 3.90. The van der Waals surface area contributed by atoms with Crippen LogP contribution in [0.25, 0.3) is 99.5 Å². The first kappa shape index (κ1) is 38.9. The number of hydrogen-bond acceptors (Lipinski definition) is 6. The summed E-state index contributed by atoms with van der Waals surface area (Å²) in [6.45, 7) is 0. The highest BCUT2D eigenvalue weighted by atomic mass is 15.0. The van der Waals surface area contributed by atoms with Gasteiger partial charge in [-0.2, -0.15) is 26.3 Å². The minimum absolute atomic E-state index is 0.423. The predicted molar refractivity (Wildman–Crippen MR) is 258 cm³/mol. The van der Waals surface area contributed by atoms with Gasteiger partial charge in [0.15, 0.2) is 0 Å². The van der Waals surface area contributed by atoms with Crippen LogP contribution in [0.2, 0.25) is 0 Å². The van der Waals surface area contributed by atoms with Crippen LogP contribution in [0.4, 0.5) is 0 Å². The molecule has 0 radical (unpaired) electrons. The summed E-state index contributed by atoms with van der Waals surface area (Å²) < 4.78 is 4.50. The van der Waals surface area contributed by atoms with E-state index in [1.807, 2.05) is 97.2 Å². The number of benzene rings is 8. The van der Waals surface area contributed by atoms with E-state index in [-0.39, 0.29) is 0 Å². The van der Waals surface area contributed by atoms with Gasteiger partial charge >= 0.3 is 0 Å². The van der Waals surface area contributed by atoms with Gasteiger partial charge in [-0.3, -0.25) is 4.98 Å². The molecule has 11 rings (SSSR count). The molecule has 0 aliphatic carbocycles. The van der Waals surface area contributed by atoms with Crippen molar-refractivity contribution < 1.29 is 0 Å². The quantitative estimate of drug-likeness (QED) is 0.163. The lowest BCUT2D eigenvalue weighted by molar-refractivity contribution is 1.15. The minimum Gasteiger partial charge on any atom is -0.309 e. The lowest BCUT2D eigenvalue weighted by Gasteiger charge is -2.18. The van der Waals surface area contributed by atoms with Crippen molar-refractivity contribution in [1.29, 1.82) is 26.3 Å². The summed E-state index contributed by atoms with van der Waals surface area (Å²) in [6.07, 6.45) is 3.69. The van der Waals surface area contributed by atoms with Crippen molar-refractivity contribution in [2.24, 2.45) is 0 Å². The molecular weight excluding hydrogens is 809 g/mol. The molecular formula is C58H30N8. The summed E-state index contributed by atoms with van der Waals surface area (Å²) in [7, 11) is 0. The number of aromatic nitrogens is 3. The molecule has 11 aromatic rings. The zero-order valence-electron chi connectivity index (χ0n) is 34.9. The zero-order chi connectivity index (χ0) is 44.9. The fourth-order valence-electron chi connectivity index (χ4n) is 9.41. The maximum atomic E-state index is 10.5. The molecule has 0 unspecified atom stereocenters. The smallest absolute Gasteiger partial charge is 0.0998 e. The monoisotopic (exact) mass is 838 g/mol. The maximum absolute atomic E-state index is 10.5. The van der Waals surface area contributed by atoms with Crippen LogP contribution >= 0.6 is 0 Å². The van der Waals surface area contributed by atoms with Crippen molar-refractivity contribution in [3.8, 4) is 86.2 Å². The van der Waals surface area contributed by atoms with Crippen molar-refractivity contribution >= 4 is 43.6 Å². The molecule has 0 N–H and O–H groups in total. The van der Waals surface area contributed by atoms with E-state index in [0.717, 1.165) is 99.5 Å². The van der Waals surface area contributed by atoms with Crippen LogP contribution < -0.4 is 0 Å². The molecule has 0 fully saturated rings. The van der Waals surface area contributed by atoms with Gasteiger partial charge in [0.05, 0.1) is 91.6 Å². The van der Waals surface area contributed by atoms with Gasteiger partial charge in [-0.15, -0.1) is 0 Å². The minimum atomic E-state index is 0.423. The molecule has 8 nitrogen and oxygen atoms in total. The summed E-state index contributed by atoms with van der Waals surface area (Å²) in [5, 5.41) is 53.5. The molecule has 0 aliphatic heterocycles. The van der Waals surface area contributed by atoms with E-state index in [9.17, 15) is 26.3 Å². The predicted octanol–water partition coefficient (Wildman–Crippen LogP) is 13.3. The van der Waals surface area contributed by atoms with Crippen LogP contribution in [0.3, 0.4) is 0 Å². The lowest BCUT2D eigenvalue weighted by Crippen LogP contribution is -2.01. The molecule has 0 spiro atoms. The van der Waals surface area contributed by atoms with E-state index in [2.05, 4.69) is 111 Å². The molecule has 0 aliphatic rings. The molecule has 3 aromatic heterocycles. The van der Waals surface area contributed by atoms with Gasteiger partial charge in [0.1, 0.15) is 0 Å². The second-order valence-corrected chi connectivity index (χ2v) is 16.0. The Balaban J connectivity index is 1.12. The molecule has 66 heavy (non-hydrogen) atoms. The number of pyridine rings is 1. The first-order valence-corrected chi connectivity index (χ1v) is 21.0. The summed E-state index contributed by atoms with van der Waals surface area (Å²) in [6, 6.07) is 66.7. The third-order valence-corrected chi connectivity index (χ3v) is 12.3. The highest BCUT2D eigenvalue weighted by Gasteiger charge is 2.22. The third kappa shape index (κ3) is 6.30. The Hall–Kier alpha value is -10.0. The van der Waals surface area contributed by atoms with E-state index < -0.39 is 0 Å². The van der Waals surface area contributed by atoms with E-state index >= 15 is 0 Å². The van der Waals surface area contributed by atoms with E-state index in [1.54, 1.807) is 18.3 Å². The number of fused-ring (bicyclic) bond motifs is 6. The molecule has 8 heteroatoms. The Morgan fingerprint density at radius 3 is 1.33 bits per heavy atom. The Morgan fingerprint density at radius 1 is 0.333 bits per heavy atom. The molecule has 8 aromatic carbocycles. The summed E-state index contributed by atoms with van der Waals surface area (Å²) >= 11 is 0. The Kier molecular flexibility index (Phi) is 9.24. The van der Waals surface area contributed by atoms with Crippen LogP contribution in [-0.2, 0) is 0 Å². The second-order valence-electron chi connectivity index (χ2n) is 16.0. The second kappa shape index (κ2) is 15.7. The normalized spacial score (nSPS) is 11.0. The summed E-state index contributed by atoms with van der Waals surface area (Å²) in [4.78, 5) is 4.66. The number of rotatable bonds is 6. The molecule has 0 atom stereocenters. The van der Waals surface area contributed by atoms with Gasteiger partial charge in [0.25, 0.3) is 0 Å². The standard InChI is InChI=1S/C58H30N8/c59-30-36-21-37(31-60)24-44(23-36)40-13-16-56-50(27-40)47-9-3-5-11-53(47)65(56)55-18-15-42(29-49(55)46-8-2-1-7-43(46)34-63)52-35-64-20-19-58(52)66-54-12-6-4-10-48(54)51-28-41(14-17-57(51)66)45-25-38(32-61)22-39(26-45)33-62/h1-29,35H. The first-order chi connectivity index (χ1) is 32.5. The van der Waals surface area contributed by atoms with Crippen LogP contribution in [0.5, 0.6) is 0 Å². The molecule has 0 saturated carbocycles. The van der Waals surface area contributed by atoms with Gasteiger partial charge in [-0.1, -0.05) is 72.8 Å². The lowest BCUT2D eigenvalue weighted by atomic mass is 9.94. The van der Waals surface area contributed by atoms with Crippen LogP contribution in [0.15, 0.2) is 182 Å². The van der Waals surface area contributed by atoms with Gasteiger partial charge in [0, 0.05) is 50.6 Å². The molecule has 0 amide bonds. The van der Waals surface area contributed by atoms with E-state index in [4.69, 9.17) is 0 Å². The highest BCUT2D eigenvalue weighted by Crippen LogP contribution is 2.43. The molecule has 0 saturated heterocycles. The average molecular weight is 839 g/mol. The SMILES string of the molecule is N#Cc1cc(C#N)cc(-c2ccc3c(c2)c2ccccc2n3-c2ccncc2-c2ccc(-n3c4ccccc4c4cc(-c5cc(C#N)cc(C#N)c5)ccc43)c(-c3ccccc3C#N)c2)c1. The van der Waals surface area contributed by atoms with Crippen molar-refractivity contribution in [3.63, 3.8) is 0 Å². The Labute approximate surface area is 378 Å². The number of nitrogens with zero attached hydrogens (tertiary/aromatic N) is 8. The summed E-state index contributed by atoms with van der Waals surface area (Å²) in [5.41, 5.74) is 14.7. The van der Waals surface area contributed by atoms with Crippen molar-refractivity contribution in [3.05, 3.63) is 210 Å². The topological polar surface area (TPSA) is 142 Å². The Bertz CT molecular complexity index is 4010. The maximum Gasteiger partial charge on any atom is 0.0998 e. The summed E-state index contributed by atoms with van der Waals surface area (Å²) in [5.74, 6) is 0. The fourth-order valence-corrected chi connectivity index (χ4v) is 9.41. The number of nitriles is 5. The third-order valence-electron chi connectivity index (χ3n) is 12.3. The van der Waals surface area contributed by atoms with Crippen LogP contribution in [0, 0.1) is 56.7 Å². The Morgan fingerprint density at radius 2 is 0.803 bits per heavy atom. The molecule has 3 heterocycles. The number of para-hydroxylation sites is 2. The van der Waals surface area contributed by atoms with Gasteiger partial charge in [-0.05, 0) is 125 Å². The van der Waals surface area contributed by atoms with Crippen LogP contribution in [-0.4, -0.2) is 14.1 Å². The highest BCUT2D eigenvalue weighted by molar-refractivity contribution is 6.12. The first-order valence-electron chi connectivity index (χ1n) is 21.0.